The summed E-state index contributed by atoms with van der Waals surface area (Å²) in [5.74, 6) is -0.311. The van der Waals surface area contributed by atoms with Crippen molar-refractivity contribution in [3.05, 3.63) is 53.6 Å². The molecule has 9 heteroatoms. The van der Waals surface area contributed by atoms with Gasteiger partial charge in [-0.05, 0) is 50.1 Å². The molecule has 1 amide bonds. The predicted octanol–water partition coefficient (Wildman–Crippen LogP) is 2.34. The molecule has 0 bridgehead atoms. The predicted molar refractivity (Wildman–Crippen MR) is 109 cm³/mol. The van der Waals surface area contributed by atoms with Crippen molar-refractivity contribution >= 4 is 22.1 Å². The van der Waals surface area contributed by atoms with E-state index in [4.69, 9.17) is 4.74 Å². The van der Waals surface area contributed by atoms with E-state index in [0.29, 0.717) is 31.0 Å². The first-order valence-electron chi connectivity index (χ1n) is 9.32. The van der Waals surface area contributed by atoms with Gasteiger partial charge in [-0.3, -0.25) is 4.79 Å². The van der Waals surface area contributed by atoms with Gasteiger partial charge in [-0.1, -0.05) is 12.1 Å². The number of nitrogens with zero attached hydrogens (tertiary/aromatic N) is 2. The summed E-state index contributed by atoms with van der Waals surface area (Å²) in [6.07, 6.45) is 2.97. The number of amides is 1. The molecule has 1 fully saturated rings. The van der Waals surface area contributed by atoms with E-state index in [0.717, 1.165) is 12.8 Å². The molecule has 1 heterocycles. The molecule has 0 unspecified atom stereocenters. The van der Waals surface area contributed by atoms with Crippen LogP contribution in [0.2, 0.25) is 0 Å². The van der Waals surface area contributed by atoms with Crippen LogP contribution in [0.25, 0.3) is 0 Å². The summed E-state index contributed by atoms with van der Waals surface area (Å²) in [7, 11) is -3.61. The fourth-order valence-corrected chi connectivity index (χ4v) is 4.58. The summed E-state index contributed by atoms with van der Waals surface area (Å²) in [6.45, 7) is 3.20. The van der Waals surface area contributed by atoms with Crippen LogP contribution in [0.5, 0.6) is 11.5 Å². The number of nitrogens with one attached hydrogen (secondary N) is 1. The second-order valence-corrected chi connectivity index (χ2v) is 8.40. The number of hydrogen-bond donors (Lipinski definition) is 2. The minimum Gasteiger partial charge on any atom is -0.504 e. The van der Waals surface area contributed by atoms with Gasteiger partial charge in [-0.2, -0.15) is 9.41 Å². The summed E-state index contributed by atoms with van der Waals surface area (Å²) in [5.41, 5.74) is 2.90. The van der Waals surface area contributed by atoms with E-state index in [1.165, 1.54) is 34.8 Å². The number of carbonyl (C=O) groups is 1. The molecule has 29 heavy (non-hydrogen) atoms. The van der Waals surface area contributed by atoms with E-state index in [2.05, 4.69) is 10.5 Å². The Hall–Kier alpha value is -2.91. The maximum atomic E-state index is 12.7. The van der Waals surface area contributed by atoms with Crippen LogP contribution in [0.4, 0.5) is 0 Å². The molecular weight excluding hydrogens is 394 g/mol. The summed E-state index contributed by atoms with van der Waals surface area (Å²) < 4.78 is 32.0. The molecule has 1 aliphatic rings. The third kappa shape index (κ3) is 4.75. The standard InChI is InChI=1S/C20H23N3O5S/c1-2-28-18-10-6-8-16(19(18)24)14-21-22-20(25)15-7-5-9-17(13-15)29(26,27)23-11-3-4-12-23/h5-10,13-14,24H,2-4,11-12H2,1H3,(H,22,25). The first kappa shape index (κ1) is 20.8. The zero-order valence-electron chi connectivity index (χ0n) is 16.0. The Morgan fingerprint density at radius 1 is 1.24 bits per heavy atom. The quantitative estimate of drug-likeness (QED) is 0.531. The van der Waals surface area contributed by atoms with E-state index < -0.39 is 15.9 Å². The molecule has 2 aromatic carbocycles. The highest BCUT2D eigenvalue weighted by atomic mass is 32.2. The molecular formula is C20H23N3O5S. The van der Waals surface area contributed by atoms with Gasteiger partial charge in [0.2, 0.25) is 10.0 Å². The lowest BCUT2D eigenvalue weighted by Crippen LogP contribution is -2.28. The summed E-state index contributed by atoms with van der Waals surface area (Å²) in [6, 6.07) is 10.8. The first-order chi connectivity index (χ1) is 13.9. The molecule has 0 radical (unpaired) electrons. The van der Waals surface area contributed by atoms with Crippen LogP contribution < -0.4 is 10.2 Å². The van der Waals surface area contributed by atoms with Crippen molar-refractivity contribution in [3.8, 4) is 11.5 Å². The Labute approximate surface area is 169 Å². The van der Waals surface area contributed by atoms with Crippen molar-refractivity contribution in [1.82, 2.24) is 9.73 Å². The van der Waals surface area contributed by atoms with Crippen LogP contribution in [-0.2, 0) is 10.0 Å². The summed E-state index contributed by atoms with van der Waals surface area (Å²) in [4.78, 5) is 12.5. The van der Waals surface area contributed by atoms with Gasteiger partial charge in [0.15, 0.2) is 11.5 Å². The molecule has 2 N–H and O–H groups in total. The van der Waals surface area contributed by atoms with Gasteiger partial charge in [0.05, 0.1) is 17.7 Å². The Kier molecular flexibility index (Phi) is 6.50. The van der Waals surface area contributed by atoms with E-state index in [9.17, 15) is 18.3 Å². The summed E-state index contributed by atoms with van der Waals surface area (Å²) >= 11 is 0. The van der Waals surface area contributed by atoms with Gasteiger partial charge in [-0.15, -0.1) is 0 Å². The first-order valence-corrected chi connectivity index (χ1v) is 10.8. The van der Waals surface area contributed by atoms with E-state index in [1.807, 2.05) is 0 Å². The zero-order valence-corrected chi connectivity index (χ0v) is 16.9. The van der Waals surface area contributed by atoms with Crippen molar-refractivity contribution in [2.24, 2.45) is 5.10 Å². The van der Waals surface area contributed by atoms with Crippen molar-refractivity contribution in [2.45, 2.75) is 24.7 Å². The lowest BCUT2D eigenvalue weighted by Gasteiger charge is -2.15. The van der Waals surface area contributed by atoms with Gasteiger partial charge in [0.25, 0.3) is 5.91 Å². The minimum atomic E-state index is -3.61. The number of hydrazone groups is 1. The molecule has 0 spiro atoms. The SMILES string of the molecule is CCOc1cccc(C=NNC(=O)c2cccc(S(=O)(=O)N3CCCC3)c2)c1O. The Balaban J connectivity index is 1.72. The average Bonchev–Trinajstić information content (AvgIpc) is 3.27. The van der Waals surface area contributed by atoms with Crippen LogP contribution in [0, 0.1) is 0 Å². The van der Waals surface area contributed by atoms with Crippen LogP contribution in [0.1, 0.15) is 35.7 Å². The zero-order chi connectivity index (χ0) is 20.9. The lowest BCUT2D eigenvalue weighted by molar-refractivity contribution is 0.0955. The monoisotopic (exact) mass is 417 g/mol. The molecule has 0 aromatic heterocycles. The number of aromatic hydroxyl groups is 1. The number of para-hydroxylation sites is 1. The number of carbonyl (C=O) groups excluding carboxylic acids is 1. The molecule has 3 rings (SSSR count). The number of hydrogen-bond acceptors (Lipinski definition) is 6. The van der Waals surface area contributed by atoms with E-state index in [1.54, 1.807) is 25.1 Å². The number of phenolic OH excluding ortho intramolecular Hbond substituents is 1. The van der Waals surface area contributed by atoms with Crippen LogP contribution in [-0.4, -0.2) is 49.6 Å². The van der Waals surface area contributed by atoms with E-state index in [-0.39, 0.29) is 16.2 Å². The second kappa shape index (κ2) is 9.06. The topological polar surface area (TPSA) is 108 Å². The molecule has 8 nitrogen and oxygen atoms in total. The Morgan fingerprint density at radius 2 is 1.97 bits per heavy atom. The second-order valence-electron chi connectivity index (χ2n) is 6.47. The highest BCUT2D eigenvalue weighted by molar-refractivity contribution is 7.89. The fraction of sp³-hybridized carbons (Fsp3) is 0.300. The molecule has 1 saturated heterocycles. The molecule has 154 valence electrons. The number of phenols is 1. The smallest absolute Gasteiger partial charge is 0.271 e. The maximum absolute atomic E-state index is 12.7. The third-order valence-corrected chi connectivity index (χ3v) is 6.39. The Bertz CT molecular complexity index is 1010. The van der Waals surface area contributed by atoms with Gasteiger partial charge in [0, 0.05) is 24.2 Å². The van der Waals surface area contributed by atoms with E-state index >= 15 is 0 Å². The highest BCUT2D eigenvalue weighted by Crippen LogP contribution is 2.28. The normalized spacial score (nSPS) is 14.9. The largest absolute Gasteiger partial charge is 0.504 e. The van der Waals surface area contributed by atoms with Gasteiger partial charge < -0.3 is 9.84 Å². The fourth-order valence-electron chi connectivity index (χ4n) is 3.02. The number of ether oxygens (including phenoxy) is 1. The average molecular weight is 417 g/mol. The lowest BCUT2D eigenvalue weighted by atomic mass is 10.2. The maximum Gasteiger partial charge on any atom is 0.271 e. The summed E-state index contributed by atoms with van der Waals surface area (Å²) in [5, 5.41) is 14.0. The van der Waals surface area contributed by atoms with Crippen molar-refractivity contribution in [2.75, 3.05) is 19.7 Å². The van der Waals surface area contributed by atoms with Crippen molar-refractivity contribution in [3.63, 3.8) is 0 Å². The Morgan fingerprint density at radius 3 is 2.69 bits per heavy atom. The van der Waals surface area contributed by atoms with Gasteiger partial charge in [-0.25, -0.2) is 13.8 Å². The van der Waals surface area contributed by atoms with Crippen molar-refractivity contribution in [1.29, 1.82) is 0 Å². The molecule has 0 aliphatic carbocycles. The highest BCUT2D eigenvalue weighted by Gasteiger charge is 2.27. The number of rotatable bonds is 7. The van der Waals surface area contributed by atoms with Crippen LogP contribution in [0.15, 0.2) is 52.5 Å². The van der Waals surface area contributed by atoms with Gasteiger partial charge >= 0.3 is 0 Å². The molecule has 1 aliphatic heterocycles. The third-order valence-electron chi connectivity index (χ3n) is 4.50. The number of sulfonamides is 1. The van der Waals surface area contributed by atoms with Crippen LogP contribution >= 0.6 is 0 Å². The minimum absolute atomic E-state index is 0.0777. The van der Waals surface area contributed by atoms with Gasteiger partial charge in [0.1, 0.15) is 0 Å². The van der Waals surface area contributed by atoms with Crippen molar-refractivity contribution < 1.29 is 23.1 Å². The molecule has 0 saturated carbocycles. The molecule has 0 atom stereocenters. The van der Waals surface area contributed by atoms with Crippen LogP contribution in [0.3, 0.4) is 0 Å². The number of benzene rings is 2. The molecule has 2 aromatic rings.